The van der Waals surface area contributed by atoms with Gasteiger partial charge in [0.2, 0.25) is 5.12 Å². The van der Waals surface area contributed by atoms with Gasteiger partial charge >= 0.3 is 5.97 Å². The van der Waals surface area contributed by atoms with Crippen molar-refractivity contribution >= 4 is 34.4 Å². The number of alkyl halides is 2. The number of ketones is 2. The van der Waals surface area contributed by atoms with Gasteiger partial charge in [0.25, 0.3) is 0 Å². The van der Waals surface area contributed by atoms with E-state index in [-0.39, 0.29) is 30.6 Å². The van der Waals surface area contributed by atoms with Crippen molar-refractivity contribution in [1.82, 2.24) is 0 Å². The Kier molecular flexibility index (Phi) is 5.56. The quantitative estimate of drug-likeness (QED) is 0.617. The topological polar surface area (TPSA) is 97.7 Å². The standard InChI is InChI=1S/C24H28F2O6S/c1-12-7-15-16-9-18(29)17-8-14(28)5-6-21(17,3)23(16,26)19(30)10-22(15,4)24(12,32-13(2)27)20(31)33-11-25/h5-6,8,12,15-16,19,30H,7,9-11H2,1-4H3/t12-,15+,16+,19+,21+,22+,23+,24+/m1/s1. The summed E-state index contributed by atoms with van der Waals surface area (Å²) in [7, 11) is 0. The Bertz CT molecular complexity index is 1010. The molecular weight excluding hydrogens is 454 g/mol. The molecule has 3 fully saturated rings. The van der Waals surface area contributed by atoms with Crippen LogP contribution in [0.1, 0.15) is 47.0 Å². The van der Waals surface area contributed by atoms with E-state index in [0.717, 1.165) is 13.0 Å². The third-order valence-corrected chi connectivity index (χ3v) is 9.49. The summed E-state index contributed by atoms with van der Waals surface area (Å²) in [5.74, 6) is -3.69. The van der Waals surface area contributed by atoms with E-state index in [1.807, 2.05) is 0 Å². The summed E-state index contributed by atoms with van der Waals surface area (Å²) in [6.07, 6.45) is 1.89. The average Bonchev–Trinajstić information content (AvgIpc) is 2.93. The number of allylic oxidation sites excluding steroid dienone is 4. The predicted octanol–water partition coefficient (Wildman–Crippen LogP) is 3.27. The van der Waals surface area contributed by atoms with Crippen molar-refractivity contribution in [2.45, 2.75) is 64.3 Å². The van der Waals surface area contributed by atoms with Crippen molar-refractivity contribution in [3.63, 3.8) is 0 Å². The molecule has 180 valence electrons. The normalized spacial score (nSPS) is 46.2. The van der Waals surface area contributed by atoms with Crippen molar-refractivity contribution in [1.29, 1.82) is 0 Å². The minimum absolute atomic E-state index is 0.0396. The Hall–Kier alpha value is -1.87. The number of rotatable bonds is 3. The van der Waals surface area contributed by atoms with Gasteiger partial charge < -0.3 is 9.84 Å². The number of aliphatic hydroxyl groups excluding tert-OH is 1. The number of aliphatic hydroxyl groups is 1. The first-order valence-corrected chi connectivity index (χ1v) is 12.1. The van der Waals surface area contributed by atoms with E-state index in [1.54, 1.807) is 13.8 Å². The number of halogens is 2. The lowest BCUT2D eigenvalue weighted by atomic mass is 9.44. The monoisotopic (exact) mass is 482 g/mol. The fourth-order valence-corrected chi connectivity index (χ4v) is 8.23. The Labute approximate surface area is 195 Å². The zero-order valence-corrected chi connectivity index (χ0v) is 19.8. The molecule has 33 heavy (non-hydrogen) atoms. The second-order valence-corrected chi connectivity index (χ2v) is 11.1. The summed E-state index contributed by atoms with van der Waals surface area (Å²) in [4.78, 5) is 50.4. The molecule has 0 unspecified atom stereocenters. The van der Waals surface area contributed by atoms with Crippen LogP contribution in [0.5, 0.6) is 0 Å². The second kappa shape index (κ2) is 7.57. The molecule has 0 saturated heterocycles. The molecule has 1 N–H and O–H groups in total. The van der Waals surface area contributed by atoms with E-state index >= 15 is 4.39 Å². The molecule has 9 heteroatoms. The van der Waals surface area contributed by atoms with E-state index in [9.17, 15) is 28.7 Å². The van der Waals surface area contributed by atoms with E-state index in [4.69, 9.17) is 4.74 Å². The Balaban J connectivity index is 1.89. The number of carbonyl (C=O) groups is 4. The van der Waals surface area contributed by atoms with Gasteiger partial charge in [-0.15, -0.1) is 0 Å². The molecule has 4 aliphatic carbocycles. The van der Waals surface area contributed by atoms with Gasteiger partial charge in [-0.2, -0.15) is 0 Å². The van der Waals surface area contributed by atoms with E-state index in [1.165, 1.54) is 19.1 Å². The lowest BCUT2D eigenvalue weighted by Crippen LogP contribution is -2.70. The minimum Gasteiger partial charge on any atom is -0.449 e. The molecule has 0 aromatic carbocycles. The lowest BCUT2D eigenvalue weighted by molar-refractivity contribution is -0.223. The fraction of sp³-hybridized carbons (Fsp3) is 0.667. The number of hydrogen-bond acceptors (Lipinski definition) is 7. The Morgan fingerprint density at radius 2 is 1.94 bits per heavy atom. The fourth-order valence-electron chi connectivity index (χ4n) is 7.44. The molecule has 0 bridgehead atoms. The Morgan fingerprint density at radius 3 is 2.55 bits per heavy atom. The second-order valence-electron chi connectivity index (χ2n) is 10.2. The molecule has 0 aromatic heterocycles. The van der Waals surface area contributed by atoms with Crippen LogP contribution in [0.15, 0.2) is 23.8 Å². The van der Waals surface area contributed by atoms with Crippen molar-refractivity contribution in [2.24, 2.45) is 28.6 Å². The molecule has 3 saturated carbocycles. The van der Waals surface area contributed by atoms with Gasteiger partial charge in [-0.1, -0.05) is 19.9 Å². The number of fused-ring (bicyclic) bond motifs is 5. The van der Waals surface area contributed by atoms with Crippen LogP contribution in [0.25, 0.3) is 0 Å². The molecule has 0 amide bonds. The molecular formula is C24H28F2O6S. The molecule has 0 heterocycles. The maximum atomic E-state index is 17.2. The zero-order chi connectivity index (χ0) is 24.6. The third-order valence-electron chi connectivity index (χ3n) is 8.82. The highest BCUT2D eigenvalue weighted by Gasteiger charge is 2.78. The van der Waals surface area contributed by atoms with Crippen molar-refractivity contribution in [3.8, 4) is 0 Å². The number of thioether (sulfide) groups is 1. The molecule has 6 nitrogen and oxygen atoms in total. The predicted molar refractivity (Wildman–Crippen MR) is 116 cm³/mol. The van der Waals surface area contributed by atoms with E-state index in [0.29, 0.717) is 11.8 Å². The van der Waals surface area contributed by atoms with Crippen LogP contribution >= 0.6 is 11.8 Å². The van der Waals surface area contributed by atoms with Crippen molar-refractivity contribution < 1.29 is 37.8 Å². The van der Waals surface area contributed by atoms with E-state index < -0.39 is 68.8 Å². The molecule has 8 atom stereocenters. The van der Waals surface area contributed by atoms with Gasteiger partial charge in [-0.05, 0) is 49.6 Å². The van der Waals surface area contributed by atoms with Crippen LogP contribution < -0.4 is 0 Å². The highest BCUT2D eigenvalue weighted by Crippen LogP contribution is 2.71. The summed E-state index contributed by atoms with van der Waals surface area (Å²) in [6.45, 7) is 6.04. The van der Waals surface area contributed by atoms with Crippen molar-refractivity contribution in [3.05, 3.63) is 23.8 Å². The highest BCUT2D eigenvalue weighted by molar-refractivity contribution is 8.13. The van der Waals surface area contributed by atoms with Gasteiger partial charge in [0.05, 0.1) is 11.5 Å². The van der Waals surface area contributed by atoms with Crippen LogP contribution in [0.2, 0.25) is 0 Å². The van der Waals surface area contributed by atoms with Crippen LogP contribution in [0, 0.1) is 28.6 Å². The van der Waals surface area contributed by atoms with Gasteiger partial charge in [-0.25, -0.2) is 8.78 Å². The van der Waals surface area contributed by atoms with Gasteiger partial charge in [-0.3, -0.25) is 19.2 Å². The van der Waals surface area contributed by atoms with Crippen LogP contribution in [0.3, 0.4) is 0 Å². The number of carbonyl (C=O) groups excluding carboxylic acids is 4. The minimum atomic E-state index is -2.28. The van der Waals surface area contributed by atoms with Gasteiger partial charge in [0, 0.05) is 36.2 Å². The maximum Gasteiger partial charge on any atom is 0.303 e. The summed E-state index contributed by atoms with van der Waals surface area (Å²) in [6, 6.07) is -1.02. The summed E-state index contributed by atoms with van der Waals surface area (Å²) in [5.41, 5.74) is -6.74. The summed E-state index contributed by atoms with van der Waals surface area (Å²) in [5, 5.41) is 10.7. The number of Topliss-reactive ketones (excluding diaryl/α,β-unsaturated/α-hetero) is 1. The number of ether oxygens (including phenoxy) is 1. The largest absolute Gasteiger partial charge is 0.449 e. The first kappa shape index (κ1) is 24.3. The molecule has 0 radical (unpaired) electrons. The summed E-state index contributed by atoms with van der Waals surface area (Å²) >= 11 is 0.392. The first-order valence-electron chi connectivity index (χ1n) is 11.1. The van der Waals surface area contributed by atoms with E-state index in [2.05, 4.69) is 0 Å². The lowest BCUT2D eigenvalue weighted by Gasteiger charge is -2.62. The molecule has 0 spiro atoms. The smallest absolute Gasteiger partial charge is 0.303 e. The molecule has 0 aromatic rings. The van der Waals surface area contributed by atoms with Crippen LogP contribution in [-0.4, -0.2) is 51.1 Å². The van der Waals surface area contributed by atoms with Gasteiger partial charge in [0.15, 0.2) is 22.8 Å². The van der Waals surface area contributed by atoms with Gasteiger partial charge in [0.1, 0.15) is 6.01 Å². The number of esters is 1. The summed E-state index contributed by atoms with van der Waals surface area (Å²) < 4.78 is 36.0. The molecule has 4 rings (SSSR count). The third kappa shape index (κ3) is 2.87. The average molecular weight is 483 g/mol. The SMILES string of the molecule is CC(=O)O[C@]1(C(=O)SCF)[C@H](C)C[C@H]2[C@@H]3CC(=O)C4=CC(=O)C=C[C@]4(C)[C@@]3(F)[C@@H](O)C[C@@]21C. The Morgan fingerprint density at radius 1 is 1.27 bits per heavy atom. The van der Waals surface area contributed by atoms with Crippen LogP contribution in [0.4, 0.5) is 8.78 Å². The molecule has 4 aliphatic rings. The van der Waals surface area contributed by atoms with Crippen LogP contribution in [-0.2, 0) is 23.9 Å². The highest BCUT2D eigenvalue weighted by atomic mass is 32.2. The van der Waals surface area contributed by atoms with Crippen molar-refractivity contribution in [2.75, 3.05) is 6.01 Å². The maximum absolute atomic E-state index is 17.2. The first-order chi connectivity index (χ1) is 15.3. The molecule has 0 aliphatic heterocycles. The zero-order valence-electron chi connectivity index (χ0n) is 19.0. The number of hydrogen-bond donors (Lipinski definition) is 1.